The molecule has 19 heavy (non-hydrogen) atoms. The molecule has 1 N–H and O–H groups in total. The van der Waals surface area contributed by atoms with Gasteiger partial charge in [0.15, 0.2) is 5.75 Å². The third kappa shape index (κ3) is 6.03. The van der Waals surface area contributed by atoms with Crippen LogP contribution in [0.3, 0.4) is 0 Å². The van der Waals surface area contributed by atoms with Gasteiger partial charge in [0.25, 0.3) is 0 Å². The van der Waals surface area contributed by atoms with Gasteiger partial charge >= 0.3 is 0 Å². The first-order chi connectivity index (χ1) is 9.04. The van der Waals surface area contributed by atoms with Crippen molar-refractivity contribution in [2.75, 3.05) is 13.2 Å². The summed E-state index contributed by atoms with van der Waals surface area (Å²) in [5.74, 6) is 1.31. The maximum atomic E-state index is 6.20. The van der Waals surface area contributed by atoms with E-state index in [9.17, 15) is 0 Å². The standard InChI is InChI=1S/C15H23Cl2NO/c1-4-7-19-15-13(16)8-12(9-14(15)17)10-18-6-5-11(2)3/h8-9,11,18H,4-7,10H2,1-3H3. The highest BCUT2D eigenvalue weighted by Crippen LogP contribution is 2.34. The van der Waals surface area contributed by atoms with E-state index in [1.165, 1.54) is 6.42 Å². The van der Waals surface area contributed by atoms with Crippen LogP contribution in [-0.4, -0.2) is 13.2 Å². The van der Waals surface area contributed by atoms with Gasteiger partial charge in [-0.25, -0.2) is 0 Å². The van der Waals surface area contributed by atoms with Crippen LogP contribution in [0.25, 0.3) is 0 Å². The van der Waals surface area contributed by atoms with E-state index in [2.05, 4.69) is 26.1 Å². The maximum absolute atomic E-state index is 6.20. The number of halogens is 2. The summed E-state index contributed by atoms with van der Waals surface area (Å²) < 4.78 is 5.54. The van der Waals surface area contributed by atoms with Crippen molar-refractivity contribution in [2.45, 2.75) is 40.2 Å². The first kappa shape index (κ1) is 16.6. The second-order valence-electron chi connectivity index (χ2n) is 5.10. The summed E-state index contributed by atoms with van der Waals surface area (Å²) in [7, 11) is 0. The summed E-state index contributed by atoms with van der Waals surface area (Å²) >= 11 is 12.4. The Kier molecular flexibility index (Phi) is 7.59. The van der Waals surface area contributed by atoms with E-state index in [1.54, 1.807) is 0 Å². The Morgan fingerprint density at radius 1 is 1.21 bits per heavy atom. The summed E-state index contributed by atoms with van der Waals surface area (Å²) in [4.78, 5) is 0. The van der Waals surface area contributed by atoms with Gasteiger partial charge in [0.05, 0.1) is 16.7 Å². The number of ether oxygens (including phenoxy) is 1. The van der Waals surface area contributed by atoms with Crippen LogP contribution in [0, 0.1) is 5.92 Å². The van der Waals surface area contributed by atoms with Gasteiger partial charge in [-0.15, -0.1) is 0 Å². The van der Waals surface area contributed by atoms with E-state index in [0.29, 0.717) is 28.3 Å². The van der Waals surface area contributed by atoms with Crippen molar-refractivity contribution < 1.29 is 4.74 Å². The summed E-state index contributed by atoms with van der Waals surface area (Å²) in [5.41, 5.74) is 1.09. The first-order valence-electron chi connectivity index (χ1n) is 6.86. The fraction of sp³-hybridized carbons (Fsp3) is 0.600. The molecule has 0 saturated carbocycles. The average molecular weight is 304 g/mol. The van der Waals surface area contributed by atoms with E-state index in [4.69, 9.17) is 27.9 Å². The van der Waals surface area contributed by atoms with E-state index in [-0.39, 0.29) is 0 Å². The van der Waals surface area contributed by atoms with E-state index < -0.39 is 0 Å². The van der Waals surface area contributed by atoms with Gasteiger partial charge in [0, 0.05) is 6.54 Å². The number of benzene rings is 1. The van der Waals surface area contributed by atoms with Crippen LogP contribution in [0.2, 0.25) is 10.0 Å². The molecule has 0 aliphatic carbocycles. The third-order valence-corrected chi connectivity index (χ3v) is 3.30. The molecule has 0 bridgehead atoms. The highest BCUT2D eigenvalue weighted by Gasteiger charge is 2.09. The van der Waals surface area contributed by atoms with Crippen molar-refractivity contribution in [2.24, 2.45) is 5.92 Å². The Labute approximate surface area is 126 Å². The molecule has 0 unspecified atom stereocenters. The molecule has 4 heteroatoms. The molecule has 1 rings (SSSR count). The minimum Gasteiger partial charge on any atom is -0.490 e. The molecule has 0 spiro atoms. The molecule has 0 heterocycles. The minimum atomic E-state index is 0.585. The van der Waals surface area contributed by atoms with Crippen molar-refractivity contribution in [1.82, 2.24) is 5.32 Å². The van der Waals surface area contributed by atoms with Crippen LogP contribution in [0.15, 0.2) is 12.1 Å². The SMILES string of the molecule is CCCOc1c(Cl)cc(CNCCC(C)C)cc1Cl. The molecular formula is C15H23Cl2NO. The third-order valence-electron chi connectivity index (χ3n) is 2.74. The van der Waals surface area contributed by atoms with Gasteiger partial charge in [-0.1, -0.05) is 44.0 Å². The normalized spacial score (nSPS) is 11.1. The molecule has 108 valence electrons. The molecule has 0 atom stereocenters. The fourth-order valence-corrected chi connectivity index (χ4v) is 2.32. The van der Waals surface area contributed by atoms with Gasteiger partial charge in [-0.2, -0.15) is 0 Å². The summed E-state index contributed by atoms with van der Waals surface area (Å²) in [5, 5.41) is 4.56. The molecule has 1 aromatic carbocycles. The molecule has 0 radical (unpaired) electrons. The molecule has 0 saturated heterocycles. The summed E-state index contributed by atoms with van der Waals surface area (Å²) in [6, 6.07) is 3.83. The molecule has 0 aliphatic heterocycles. The predicted molar refractivity (Wildman–Crippen MR) is 83.4 cm³/mol. The van der Waals surface area contributed by atoms with Crippen LogP contribution in [0.5, 0.6) is 5.75 Å². The predicted octanol–water partition coefficient (Wildman–Crippen LogP) is 4.92. The maximum Gasteiger partial charge on any atom is 0.156 e. The van der Waals surface area contributed by atoms with Gasteiger partial charge in [0.1, 0.15) is 0 Å². The first-order valence-corrected chi connectivity index (χ1v) is 7.61. The fourth-order valence-electron chi connectivity index (χ4n) is 1.68. The molecule has 1 aromatic rings. The van der Waals surface area contributed by atoms with Crippen LogP contribution >= 0.6 is 23.2 Å². The number of nitrogens with one attached hydrogen (secondary N) is 1. The van der Waals surface area contributed by atoms with E-state index in [1.807, 2.05) is 12.1 Å². The highest BCUT2D eigenvalue weighted by molar-refractivity contribution is 6.37. The zero-order chi connectivity index (χ0) is 14.3. The minimum absolute atomic E-state index is 0.585. The van der Waals surface area contributed by atoms with Crippen molar-refractivity contribution >= 4 is 23.2 Å². The zero-order valence-corrected chi connectivity index (χ0v) is 13.4. The summed E-state index contributed by atoms with van der Waals surface area (Å²) in [6.07, 6.45) is 2.10. The molecule has 0 aromatic heterocycles. The Balaban J connectivity index is 2.56. The zero-order valence-electron chi connectivity index (χ0n) is 11.9. The number of rotatable bonds is 8. The van der Waals surface area contributed by atoms with Gasteiger partial charge in [-0.3, -0.25) is 0 Å². The smallest absolute Gasteiger partial charge is 0.156 e. The van der Waals surface area contributed by atoms with Crippen LogP contribution in [0.1, 0.15) is 39.2 Å². The average Bonchev–Trinajstić information content (AvgIpc) is 2.33. The Hall–Kier alpha value is -0.440. The molecule has 0 fully saturated rings. The summed E-state index contributed by atoms with van der Waals surface area (Å²) in [6.45, 7) is 8.89. The van der Waals surface area contributed by atoms with Gasteiger partial charge in [-0.05, 0) is 43.0 Å². The van der Waals surface area contributed by atoms with Crippen LogP contribution in [0.4, 0.5) is 0 Å². The molecule has 0 amide bonds. The van der Waals surface area contributed by atoms with E-state index in [0.717, 1.165) is 25.1 Å². The monoisotopic (exact) mass is 303 g/mol. The quantitative estimate of drug-likeness (QED) is 0.688. The van der Waals surface area contributed by atoms with Gasteiger partial charge < -0.3 is 10.1 Å². The number of hydrogen-bond acceptors (Lipinski definition) is 2. The molecule has 0 aliphatic rings. The van der Waals surface area contributed by atoms with Crippen molar-refractivity contribution in [3.63, 3.8) is 0 Å². The van der Waals surface area contributed by atoms with Gasteiger partial charge in [0.2, 0.25) is 0 Å². The Morgan fingerprint density at radius 3 is 2.37 bits per heavy atom. The van der Waals surface area contributed by atoms with Crippen LogP contribution < -0.4 is 10.1 Å². The lowest BCUT2D eigenvalue weighted by Crippen LogP contribution is -2.16. The van der Waals surface area contributed by atoms with Crippen molar-refractivity contribution in [3.05, 3.63) is 27.7 Å². The second kappa shape index (κ2) is 8.68. The topological polar surface area (TPSA) is 21.3 Å². The number of hydrogen-bond donors (Lipinski definition) is 1. The Morgan fingerprint density at radius 2 is 1.84 bits per heavy atom. The lowest BCUT2D eigenvalue weighted by Gasteiger charge is -2.12. The van der Waals surface area contributed by atoms with Crippen molar-refractivity contribution in [1.29, 1.82) is 0 Å². The highest BCUT2D eigenvalue weighted by atomic mass is 35.5. The molecule has 2 nitrogen and oxygen atoms in total. The lowest BCUT2D eigenvalue weighted by molar-refractivity contribution is 0.317. The lowest BCUT2D eigenvalue weighted by atomic mass is 10.1. The molecular weight excluding hydrogens is 281 g/mol. The Bertz CT molecular complexity index is 371. The largest absolute Gasteiger partial charge is 0.490 e. The van der Waals surface area contributed by atoms with Crippen LogP contribution in [-0.2, 0) is 6.54 Å². The second-order valence-corrected chi connectivity index (χ2v) is 5.91. The van der Waals surface area contributed by atoms with Crippen molar-refractivity contribution in [3.8, 4) is 5.75 Å². The van der Waals surface area contributed by atoms with E-state index >= 15 is 0 Å².